The first-order valence-electron chi connectivity index (χ1n) is 11.8. The van der Waals surface area contributed by atoms with Gasteiger partial charge >= 0.3 is 0 Å². The molecule has 2 aliphatic heterocycles. The van der Waals surface area contributed by atoms with Crippen LogP contribution in [0.5, 0.6) is 0 Å². The fraction of sp³-hybridized carbons (Fsp3) is 0.750. The molecular formula is C24H37ClN2O3. The normalized spacial score (nSPS) is 29.6. The first-order chi connectivity index (χ1) is 14.5. The first kappa shape index (κ1) is 22.5. The summed E-state index contributed by atoms with van der Waals surface area (Å²) in [5.74, 6) is 0.0971. The van der Waals surface area contributed by atoms with Gasteiger partial charge in [0.05, 0.1) is 11.7 Å². The van der Waals surface area contributed by atoms with Crippen molar-refractivity contribution in [2.45, 2.75) is 75.3 Å². The van der Waals surface area contributed by atoms with E-state index in [9.17, 15) is 10.2 Å². The molecule has 1 aliphatic carbocycles. The number of benzene rings is 1. The molecule has 0 radical (unpaired) electrons. The maximum Gasteiger partial charge on any atom is 0.154 e. The average molecular weight is 437 g/mol. The molecule has 3 fully saturated rings. The number of nitrogens with zero attached hydrogens (tertiary/aromatic N) is 2. The summed E-state index contributed by atoms with van der Waals surface area (Å²) in [4.78, 5) is 4.97. The van der Waals surface area contributed by atoms with Gasteiger partial charge in [-0.15, -0.1) is 0 Å². The third-order valence-corrected chi connectivity index (χ3v) is 7.55. The van der Waals surface area contributed by atoms with Gasteiger partial charge in [0.25, 0.3) is 0 Å². The Labute approximate surface area is 186 Å². The molecule has 2 heterocycles. The van der Waals surface area contributed by atoms with Crippen molar-refractivity contribution in [1.82, 2.24) is 9.80 Å². The van der Waals surface area contributed by atoms with E-state index in [4.69, 9.17) is 16.3 Å². The Bertz CT molecular complexity index is 674. The second-order valence-electron chi connectivity index (χ2n) is 9.52. The van der Waals surface area contributed by atoms with Gasteiger partial charge in [0, 0.05) is 50.2 Å². The van der Waals surface area contributed by atoms with Crippen molar-refractivity contribution in [2.24, 2.45) is 0 Å². The number of ether oxygens (including phenoxy) is 1. The van der Waals surface area contributed by atoms with E-state index in [1.165, 1.54) is 12.0 Å². The molecule has 1 aromatic rings. The molecule has 168 valence electrons. The van der Waals surface area contributed by atoms with Crippen LogP contribution in [0.3, 0.4) is 0 Å². The lowest BCUT2D eigenvalue weighted by Gasteiger charge is -2.44. The van der Waals surface area contributed by atoms with E-state index in [2.05, 4.69) is 15.9 Å². The number of hydrogen-bond acceptors (Lipinski definition) is 5. The molecule has 6 heteroatoms. The summed E-state index contributed by atoms with van der Waals surface area (Å²) < 4.78 is 5.70. The van der Waals surface area contributed by atoms with Gasteiger partial charge < -0.3 is 19.8 Å². The van der Waals surface area contributed by atoms with E-state index in [0.717, 1.165) is 89.2 Å². The van der Waals surface area contributed by atoms with Crippen LogP contribution in [-0.4, -0.2) is 77.3 Å². The minimum absolute atomic E-state index is 0.0971. The van der Waals surface area contributed by atoms with Crippen molar-refractivity contribution in [1.29, 1.82) is 0 Å². The zero-order valence-electron chi connectivity index (χ0n) is 18.0. The number of piperazine rings is 1. The topological polar surface area (TPSA) is 56.2 Å². The van der Waals surface area contributed by atoms with E-state index in [1.54, 1.807) is 0 Å². The average Bonchev–Trinajstić information content (AvgIpc) is 2.74. The molecule has 2 N–H and O–H groups in total. The Morgan fingerprint density at radius 1 is 1.03 bits per heavy atom. The second kappa shape index (κ2) is 10.3. The fourth-order valence-electron chi connectivity index (χ4n) is 5.53. The predicted octanol–water partition coefficient (Wildman–Crippen LogP) is 3.62. The molecule has 0 bridgehead atoms. The number of aliphatic hydroxyl groups excluding tert-OH is 1. The van der Waals surface area contributed by atoms with Crippen molar-refractivity contribution in [3.63, 3.8) is 0 Å². The van der Waals surface area contributed by atoms with Gasteiger partial charge in [0.15, 0.2) is 6.29 Å². The Morgan fingerprint density at radius 2 is 1.77 bits per heavy atom. The van der Waals surface area contributed by atoms with Crippen LogP contribution in [0.2, 0.25) is 5.02 Å². The smallest absolute Gasteiger partial charge is 0.154 e. The summed E-state index contributed by atoms with van der Waals surface area (Å²) in [6, 6.07) is 8.09. The summed E-state index contributed by atoms with van der Waals surface area (Å²) in [7, 11) is 0. The SMILES string of the molecule is OC1CCCC(CN2CCN(CC(c3cccc(Cl)c3)C3(O)CCCCC3)CC2)O1. The van der Waals surface area contributed by atoms with Gasteiger partial charge in [0.1, 0.15) is 0 Å². The van der Waals surface area contributed by atoms with Gasteiger partial charge in [-0.2, -0.15) is 0 Å². The van der Waals surface area contributed by atoms with Crippen molar-refractivity contribution in [3.8, 4) is 0 Å². The minimum Gasteiger partial charge on any atom is -0.389 e. The lowest BCUT2D eigenvalue weighted by molar-refractivity contribution is -0.168. The third kappa shape index (κ3) is 5.76. The second-order valence-corrected chi connectivity index (χ2v) is 9.95. The standard InChI is InChI=1S/C24H37ClN2O3/c25-20-7-4-6-19(16-20)22(24(29)10-2-1-3-11-24)18-27-14-12-26(13-15-27)17-21-8-5-9-23(28)30-21/h4,6-7,16,21-23,28-29H,1-3,5,8-15,17-18H2. The van der Waals surface area contributed by atoms with E-state index >= 15 is 0 Å². The molecule has 30 heavy (non-hydrogen) atoms. The van der Waals surface area contributed by atoms with Crippen molar-refractivity contribution in [2.75, 3.05) is 39.3 Å². The van der Waals surface area contributed by atoms with Crippen LogP contribution in [-0.2, 0) is 4.74 Å². The highest BCUT2D eigenvalue weighted by Crippen LogP contribution is 2.41. The van der Waals surface area contributed by atoms with Gasteiger partial charge in [-0.1, -0.05) is 43.0 Å². The number of hydrogen-bond donors (Lipinski definition) is 2. The van der Waals surface area contributed by atoms with Crippen LogP contribution < -0.4 is 0 Å². The number of aliphatic hydroxyl groups is 2. The number of halogens is 1. The molecule has 2 saturated heterocycles. The maximum absolute atomic E-state index is 11.6. The largest absolute Gasteiger partial charge is 0.389 e. The highest BCUT2D eigenvalue weighted by atomic mass is 35.5. The fourth-order valence-corrected chi connectivity index (χ4v) is 5.73. The van der Waals surface area contributed by atoms with Gasteiger partial charge in [-0.05, 0) is 49.8 Å². The third-order valence-electron chi connectivity index (χ3n) is 7.31. The summed E-state index contributed by atoms with van der Waals surface area (Å²) in [6.07, 6.45) is 7.62. The lowest BCUT2D eigenvalue weighted by atomic mass is 9.72. The first-order valence-corrected chi connectivity index (χ1v) is 12.2. The summed E-state index contributed by atoms with van der Waals surface area (Å²) >= 11 is 6.31. The summed E-state index contributed by atoms with van der Waals surface area (Å²) in [6.45, 7) is 5.81. The maximum atomic E-state index is 11.6. The summed E-state index contributed by atoms with van der Waals surface area (Å²) in [5, 5.41) is 22.1. The van der Waals surface area contributed by atoms with Gasteiger partial charge in [-0.3, -0.25) is 4.90 Å². The van der Waals surface area contributed by atoms with Crippen LogP contribution in [0.4, 0.5) is 0 Å². The Hall–Kier alpha value is -0.690. The monoisotopic (exact) mass is 436 g/mol. The van der Waals surface area contributed by atoms with Crippen LogP contribution in [0.1, 0.15) is 62.8 Å². The molecule has 3 aliphatic rings. The van der Waals surface area contributed by atoms with Gasteiger partial charge in [0.2, 0.25) is 0 Å². The summed E-state index contributed by atoms with van der Waals surface area (Å²) in [5.41, 5.74) is 0.533. The molecule has 1 aromatic carbocycles. The Kier molecular flexibility index (Phi) is 7.71. The van der Waals surface area contributed by atoms with Crippen LogP contribution in [0.15, 0.2) is 24.3 Å². The Balaban J connectivity index is 1.36. The highest BCUT2D eigenvalue weighted by molar-refractivity contribution is 6.30. The molecule has 3 atom stereocenters. The molecule has 0 aromatic heterocycles. The molecule has 4 rings (SSSR count). The molecule has 3 unspecified atom stereocenters. The highest BCUT2D eigenvalue weighted by Gasteiger charge is 2.40. The van der Waals surface area contributed by atoms with E-state index < -0.39 is 11.9 Å². The lowest BCUT2D eigenvalue weighted by Crippen LogP contribution is -2.52. The van der Waals surface area contributed by atoms with Crippen LogP contribution >= 0.6 is 11.6 Å². The van der Waals surface area contributed by atoms with Crippen LogP contribution in [0, 0.1) is 0 Å². The molecule has 5 nitrogen and oxygen atoms in total. The van der Waals surface area contributed by atoms with E-state index in [-0.39, 0.29) is 12.0 Å². The molecule has 1 saturated carbocycles. The Morgan fingerprint density at radius 3 is 2.47 bits per heavy atom. The van der Waals surface area contributed by atoms with Gasteiger partial charge in [-0.25, -0.2) is 0 Å². The zero-order chi connectivity index (χ0) is 21.0. The molecular weight excluding hydrogens is 400 g/mol. The molecule has 0 amide bonds. The predicted molar refractivity (Wildman–Crippen MR) is 120 cm³/mol. The minimum atomic E-state index is -0.633. The number of rotatable bonds is 6. The van der Waals surface area contributed by atoms with Crippen LogP contribution in [0.25, 0.3) is 0 Å². The van der Waals surface area contributed by atoms with Crippen molar-refractivity contribution in [3.05, 3.63) is 34.9 Å². The van der Waals surface area contributed by atoms with Crippen molar-refractivity contribution >= 4 is 11.6 Å². The van der Waals surface area contributed by atoms with E-state index in [0.29, 0.717) is 0 Å². The quantitative estimate of drug-likeness (QED) is 0.713. The zero-order valence-corrected chi connectivity index (χ0v) is 18.8. The molecule has 0 spiro atoms. The van der Waals surface area contributed by atoms with E-state index in [1.807, 2.05) is 18.2 Å². The van der Waals surface area contributed by atoms with Crippen molar-refractivity contribution < 1.29 is 14.9 Å².